The lowest BCUT2D eigenvalue weighted by atomic mass is 9.78. The van der Waals surface area contributed by atoms with E-state index in [0.717, 1.165) is 71.0 Å². The van der Waals surface area contributed by atoms with Crippen molar-refractivity contribution in [3.8, 4) is 0 Å². The van der Waals surface area contributed by atoms with Crippen molar-refractivity contribution in [2.45, 2.75) is 51.2 Å². The lowest BCUT2D eigenvalue weighted by molar-refractivity contribution is -0.00294. The number of hydrogen-bond donors (Lipinski definition) is 0. The Hall–Kier alpha value is -2.06. The van der Waals surface area contributed by atoms with Crippen LogP contribution in [0.1, 0.15) is 39.0 Å². The third-order valence-electron chi connectivity index (χ3n) is 8.27. The smallest absolute Gasteiger partial charge is 0.409 e. The summed E-state index contributed by atoms with van der Waals surface area (Å²) in [5.41, 5.74) is 1.61. The summed E-state index contributed by atoms with van der Waals surface area (Å²) in [7, 11) is 1.82. The number of ether oxygens (including phenoxy) is 2. The fourth-order valence-corrected chi connectivity index (χ4v) is 6.39. The first kappa shape index (κ1) is 22.7. The average molecular weight is 458 g/mol. The van der Waals surface area contributed by atoms with Crippen LogP contribution in [0.4, 0.5) is 16.3 Å². The van der Waals surface area contributed by atoms with Gasteiger partial charge in [0, 0.05) is 77.1 Å². The van der Waals surface area contributed by atoms with Gasteiger partial charge in [0.25, 0.3) is 0 Å². The van der Waals surface area contributed by atoms with Gasteiger partial charge in [0.05, 0.1) is 18.4 Å². The van der Waals surface area contributed by atoms with Crippen LogP contribution in [0.3, 0.4) is 0 Å². The SMILES string of the molecule is CCOC(=O)N1CC2(CCC(N3CCN(c4cccnc4N4CCC(OC)CC4)CC3)C2)C1. The van der Waals surface area contributed by atoms with Crippen LogP contribution in [-0.2, 0) is 9.47 Å². The summed E-state index contributed by atoms with van der Waals surface area (Å²) in [4.78, 5) is 26.3. The van der Waals surface area contributed by atoms with E-state index in [2.05, 4.69) is 26.8 Å². The Kier molecular flexibility index (Phi) is 6.65. The normalized spacial score (nSPS) is 26.0. The summed E-state index contributed by atoms with van der Waals surface area (Å²) in [5, 5.41) is 0. The summed E-state index contributed by atoms with van der Waals surface area (Å²) < 4.78 is 10.7. The van der Waals surface area contributed by atoms with Crippen molar-refractivity contribution in [1.29, 1.82) is 0 Å². The van der Waals surface area contributed by atoms with Crippen LogP contribution in [-0.4, -0.2) is 99.1 Å². The molecular weight excluding hydrogens is 418 g/mol. The van der Waals surface area contributed by atoms with E-state index in [-0.39, 0.29) is 6.09 Å². The van der Waals surface area contributed by atoms with Crippen molar-refractivity contribution in [3.05, 3.63) is 18.3 Å². The molecule has 5 rings (SSSR count). The molecule has 4 heterocycles. The van der Waals surface area contributed by atoms with Gasteiger partial charge in [-0.25, -0.2) is 9.78 Å². The molecule has 0 N–H and O–H groups in total. The van der Waals surface area contributed by atoms with Crippen LogP contribution in [0.5, 0.6) is 0 Å². The molecule has 1 saturated carbocycles. The Bertz CT molecular complexity index is 814. The van der Waals surface area contributed by atoms with E-state index in [1.807, 2.05) is 25.1 Å². The van der Waals surface area contributed by atoms with E-state index in [1.54, 1.807) is 0 Å². The number of rotatable bonds is 5. The largest absolute Gasteiger partial charge is 0.450 e. The van der Waals surface area contributed by atoms with Gasteiger partial charge in [0.2, 0.25) is 0 Å². The number of nitrogens with zero attached hydrogens (tertiary/aromatic N) is 5. The van der Waals surface area contributed by atoms with Crippen LogP contribution in [0, 0.1) is 5.41 Å². The number of piperidine rings is 1. The van der Waals surface area contributed by atoms with Gasteiger partial charge in [-0.2, -0.15) is 0 Å². The summed E-state index contributed by atoms with van der Waals surface area (Å²) in [6, 6.07) is 4.96. The molecule has 33 heavy (non-hydrogen) atoms. The number of pyridine rings is 1. The number of methoxy groups -OCH3 is 1. The highest BCUT2D eigenvalue weighted by atomic mass is 16.6. The first-order valence-electron chi connectivity index (χ1n) is 12.7. The molecule has 8 heteroatoms. The molecule has 0 bridgehead atoms. The van der Waals surface area contributed by atoms with Crippen LogP contribution >= 0.6 is 0 Å². The summed E-state index contributed by atoms with van der Waals surface area (Å²) >= 11 is 0. The van der Waals surface area contributed by atoms with Crippen molar-refractivity contribution < 1.29 is 14.3 Å². The number of piperazine rings is 1. The molecule has 182 valence electrons. The minimum Gasteiger partial charge on any atom is -0.450 e. The second-order valence-corrected chi connectivity index (χ2v) is 10.2. The maximum atomic E-state index is 12.0. The summed E-state index contributed by atoms with van der Waals surface area (Å²) in [6.45, 7) is 10.4. The van der Waals surface area contributed by atoms with Gasteiger partial charge in [0.15, 0.2) is 5.82 Å². The molecular formula is C25H39N5O3. The Balaban J connectivity index is 1.14. The van der Waals surface area contributed by atoms with Gasteiger partial charge in [-0.05, 0) is 51.2 Å². The predicted molar refractivity (Wildman–Crippen MR) is 129 cm³/mol. The molecule has 1 unspecified atom stereocenters. The predicted octanol–water partition coefficient (Wildman–Crippen LogP) is 2.83. The van der Waals surface area contributed by atoms with Crippen molar-refractivity contribution in [2.24, 2.45) is 5.41 Å². The quantitative estimate of drug-likeness (QED) is 0.674. The zero-order valence-corrected chi connectivity index (χ0v) is 20.2. The Morgan fingerprint density at radius 3 is 2.55 bits per heavy atom. The number of hydrogen-bond acceptors (Lipinski definition) is 7. The molecule has 1 atom stereocenters. The first-order chi connectivity index (χ1) is 16.1. The van der Waals surface area contributed by atoms with E-state index in [1.165, 1.54) is 24.9 Å². The minimum atomic E-state index is -0.140. The topological polar surface area (TPSA) is 61.4 Å². The fraction of sp³-hybridized carbons (Fsp3) is 0.760. The van der Waals surface area contributed by atoms with Gasteiger partial charge in [0.1, 0.15) is 0 Å². The second-order valence-electron chi connectivity index (χ2n) is 10.2. The molecule has 4 aliphatic rings. The zero-order valence-electron chi connectivity index (χ0n) is 20.2. The van der Waals surface area contributed by atoms with Crippen LogP contribution in [0.25, 0.3) is 0 Å². The lowest BCUT2D eigenvalue weighted by Gasteiger charge is -2.48. The molecule has 0 radical (unpaired) electrons. The Labute approximate surface area is 197 Å². The van der Waals surface area contributed by atoms with Crippen LogP contribution in [0.2, 0.25) is 0 Å². The van der Waals surface area contributed by atoms with E-state index < -0.39 is 0 Å². The highest BCUT2D eigenvalue weighted by Gasteiger charge is 2.51. The van der Waals surface area contributed by atoms with Crippen LogP contribution in [0.15, 0.2) is 18.3 Å². The Morgan fingerprint density at radius 2 is 1.85 bits per heavy atom. The van der Waals surface area contributed by atoms with Gasteiger partial charge >= 0.3 is 6.09 Å². The monoisotopic (exact) mass is 457 g/mol. The summed E-state index contributed by atoms with van der Waals surface area (Å²) in [6.07, 6.45) is 8.00. The minimum absolute atomic E-state index is 0.140. The van der Waals surface area contributed by atoms with Crippen molar-refractivity contribution in [3.63, 3.8) is 0 Å². The first-order valence-corrected chi connectivity index (χ1v) is 12.7. The molecule has 0 aromatic carbocycles. The number of carbonyl (C=O) groups excluding carboxylic acids is 1. The van der Waals surface area contributed by atoms with E-state index in [0.29, 0.717) is 24.2 Å². The van der Waals surface area contributed by atoms with Crippen LogP contribution < -0.4 is 9.80 Å². The van der Waals surface area contributed by atoms with E-state index in [4.69, 9.17) is 14.5 Å². The third kappa shape index (κ3) is 4.64. The van der Waals surface area contributed by atoms with Gasteiger partial charge < -0.3 is 24.2 Å². The van der Waals surface area contributed by atoms with Crippen molar-refractivity contribution >= 4 is 17.6 Å². The maximum absolute atomic E-state index is 12.0. The molecule has 4 fully saturated rings. The average Bonchev–Trinajstić information content (AvgIpc) is 3.30. The maximum Gasteiger partial charge on any atom is 0.409 e. The lowest BCUT2D eigenvalue weighted by Crippen LogP contribution is -2.58. The van der Waals surface area contributed by atoms with Gasteiger partial charge in [-0.3, -0.25) is 4.90 Å². The second kappa shape index (κ2) is 9.66. The number of aromatic nitrogens is 1. The van der Waals surface area contributed by atoms with Crippen molar-refractivity contribution in [1.82, 2.24) is 14.8 Å². The van der Waals surface area contributed by atoms with Crippen molar-refractivity contribution in [2.75, 3.05) is 75.9 Å². The molecule has 1 aromatic heterocycles. The molecule has 3 aliphatic heterocycles. The molecule has 1 amide bonds. The fourth-order valence-electron chi connectivity index (χ4n) is 6.39. The molecule has 1 spiro atoms. The molecule has 3 saturated heterocycles. The zero-order chi connectivity index (χ0) is 22.8. The number of likely N-dealkylation sites (tertiary alicyclic amines) is 1. The highest BCUT2D eigenvalue weighted by molar-refractivity contribution is 5.69. The van der Waals surface area contributed by atoms with E-state index >= 15 is 0 Å². The van der Waals surface area contributed by atoms with Gasteiger partial charge in [-0.15, -0.1) is 0 Å². The number of amides is 1. The highest BCUT2D eigenvalue weighted by Crippen LogP contribution is 2.47. The standard InChI is InChI=1S/C25H39N5O3/c1-3-33-24(31)30-18-25(19-30)9-6-20(17-25)27-13-15-28(16-14-27)22-5-4-10-26-23(22)29-11-7-21(32-2)8-12-29/h4-5,10,20-21H,3,6-9,11-19H2,1-2H3. The molecule has 1 aromatic rings. The number of carbonyl (C=O) groups is 1. The molecule has 1 aliphatic carbocycles. The molecule has 8 nitrogen and oxygen atoms in total. The summed E-state index contributed by atoms with van der Waals surface area (Å²) in [5.74, 6) is 1.13. The number of anilines is 2. The van der Waals surface area contributed by atoms with Gasteiger partial charge in [-0.1, -0.05) is 0 Å². The Morgan fingerprint density at radius 1 is 1.09 bits per heavy atom. The van der Waals surface area contributed by atoms with E-state index in [9.17, 15) is 4.79 Å². The third-order valence-corrected chi connectivity index (χ3v) is 8.27.